The first-order valence-corrected chi connectivity index (χ1v) is 12.7. The zero-order chi connectivity index (χ0) is 27.1. The van der Waals surface area contributed by atoms with Crippen LogP contribution < -0.4 is 5.69 Å². The number of aromatic nitrogens is 5. The minimum Gasteiger partial charge on any atom is -0.508 e. The van der Waals surface area contributed by atoms with Crippen LogP contribution in [0.2, 0.25) is 0 Å². The van der Waals surface area contributed by atoms with Crippen molar-refractivity contribution in [2.24, 2.45) is 0 Å². The van der Waals surface area contributed by atoms with E-state index in [1.807, 2.05) is 60.7 Å². The van der Waals surface area contributed by atoms with Crippen molar-refractivity contribution in [2.75, 3.05) is 6.61 Å². The Morgan fingerprint density at radius 2 is 1.77 bits per heavy atom. The second kappa shape index (κ2) is 9.68. The van der Waals surface area contributed by atoms with Crippen LogP contribution >= 0.6 is 0 Å². The van der Waals surface area contributed by atoms with Crippen LogP contribution in [0.1, 0.15) is 41.1 Å². The molecule has 3 aromatic heterocycles. The Morgan fingerprint density at radius 1 is 1.05 bits per heavy atom. The zero-order valence-corrected chi connectivity index (χ0v) is 21.4. The molecule has 0 fully saturated rings. The summed E-state index contributed by atoms with van der Waals surface area (Å²) in [6, 6.07) is 18.7. The zero-order valence-electron chi connectivity index (χ0n) is 21.4. The number of aliphatic hydroxyl groups excluding tert-OH is 1. The average molecular weight is 520 g/mol. The third-order valence-corrected chi connectivity index (χ3v) is 6.83. The van der Waals surface area contributed by atoms with Gasteiger partial charge in [0.05, 0.1) is 28.9 Å². The Labute approximate surface area is 223 Å². The van der Waals surface area contributed by atoms with Gasteiger partial charge in [-0.1, -0.05) is 54.6 Å². The Morgan fingerprint density at radius 3 is 2.44 bits per heavy atom. The van der Waals surface area contributed by atoms with Crippen molar-refractivity contribution >= 4 is 22.6 Å². The largest absolute Gasteiger partial charge is 0.508 e. The number of hydrogen-bond acceptors (Lipinski definition) is 7. The summed E-state index contributed by atoms with van der Waals surface area (Å²) in [5.41, 5.74) is 2.95. The van der Waals surface area contributed by atoms with Crippen molar-refractivity contribution in [3.63, 3.8) is 0 Å². The number of hydrogen-bond donors (Lipinski definition) is 1. The molecule has 0 radical (unpaired) electrons. The molecule has 1 aliphatic rings. The first-order chi connectivity index (χ1) is 19.0. The van der Waals surface area contributed by atoms with E-state index in [9.17, 15) is 14.7 Å². The summed E-state index contributed by atoms with van der Waals surface area (Å²) in [5.74, 6) is -0.195. The molecule has 5 aromatic rings. The van der Waals surface area contributed by atoms with Crippen molar-refractivity contribution in [3.05, 3.63) is 112 Å². The quantitative estimate of drug-likeness (QED) is 0.323. The Balaban J connectivity index is 1.82. The van der Waals surface area contributed by atoms with Crippen molar-refractivity contribution in [1.82, 2.24) is 24.1 Å². The van der Waals surface area contributed by atoms with Crippen LogP contribution in [0, 0.1) is 6.92 Å². The summed E-state index contributed by atoms with van der Waals surface area (Å²) < 4.78 is 8.47. The predicted octanol–water partition coefficient (Wildman–Crippen LogP) is 5.07. The lowest BCUT2D eigenvalue weighted by Gasteiger charge is -2.19. The first kappa shape index (κ1) is 24.3. The fraction of sp³-hybridized carbons (Fsp3) is 0.167. The smallest absolute Gasteiger partial charge is 0.341 e. The highest BCUT2D eigenvalue weighted by atomic mass is 16.5. The van der Waals surface area contributed by atoms with E-state index in [4.69, 9.17) is 9.72 Å². The molecule has 6 rings (SSSR count). The van der Waals surface area contributed by atoms with E-state index in [-0.39, 0.29) is 24.0 Å². The normalized spacial score (nSPS) is 15.0. The van der Waals surface area contributed by atoms with Gasteiger partial charge >= 0.3 is 11.7 Å². The predicted molar refractivity (Wildman–Crippen MR) is 147 cm³/mol. The fourth-order valence-electron chi connectivity index (χ4n) is 5.10. The van der Waals surface area contributed by atoms with Crippen molar-refractivity contribution in [3.8, 4) is 16.8 Å². The molecule has 1 atom stereocenters. The lowest BCUT2D eigenvalue weighted by atomic mass is 9.95. The van der Waals surface area contributed by atoms with Gasteiger partial charge in [-0.25, -0.2) is 23.5 Å². The maximum atomic E-state index is 14.2. The second-order valence-electron chi connectivity index (χ2n) is 9.23. The number of pyridine rings is 1. The van der Waals surface area contributed by atoms with E-state index in [0.29, 0.717) is 51.4 Å². The summed E-state index contributed by atoms with van der Waals surface area (Å²) in [4.78, 5) is 32.4. The topological polar surface area (TPSA) is 112 Å². The van der Waals surface area contributed by atoms with Crippen LogP contribution in [-0.2, 0) is 4.74 Å². The number of rotatable bonds is 5. The number of ether oxygens (including phenoxy) is 1. The average Bonchev–Trinajstić information content (AvgIpc) is 3.39. The lowest BCUT2D eigenvalue weighted by Crippen LogP contribution is -2.29. The van der Waals surface area contributed by atoms with Crippen LogP contribution in [0.3, 0.4) is 0 Å². The molecule has 0 saturated heterocycles. The third-order valence-electron chi connectivity index (χ3n) is 6.83. The van der Waals surface area contributed by atoms with Crippen LogP contribution in [0.25, 0.3) is 33.5 Å². The molecule has 3 heterocycles. The number of nitrogens with zero attached hydrogens (tertiary/aromatic N) is 5. The van der Waals surface area contributed by atoms with E-state index in [0.717, 1.165) is 5.56 Å². The molecule has 1 unspecified atom stereocenters. The Hall–Kier alpha value is -5.05. The molecule has 0 aliphatic heterocycles. The van der Waals surface area contributed by atoms with Crippen LogP contribution in [0.4, 0.5) is 0 Å². The number of benzene rings is 2. The van der Waals surface area contributed by atoms with E-state index in [1.54, 1.807) is 32.1 Å². The summed E-state index contributed by atoms with van der Waals surface area (Å²) >= 11 is 0. The molecule has 2 aromatic carbocycles. The van der Waals surface area contributed by atoms with E-state index in [2.05, 4.69) is 10.2 Å². The number of aryl methyl sites for hydroxylation is 1. The number of para-hydroxylation sites is 1. The highest BCUT2D eigenvalue weighted by molar-refractivity contribution is 6.11. The van der Waals surface area contributed by atoms with Crippen molar-refractivity contribution < 1.29 is 14.6 Å². The van der Waals surface area contributed by atoms with Crippen LogP contribution in [0.15, 0.2) is 89.4 Å². The van der Waals surface area contributed by atoms with Gasteiger partial charge in [0, 0.05) is 11.5 Å². The Kier molecular flexibility index (Phi) is 6.03. The fourth-order valence-corrected chi connectivity index (χ4v) is 5.10. The minimum absolute atomic E-state index is 0.164. The highest BCUT2D eigenvalue weighted by Gasteiger charge is 2.29. The molecule has 0 spiro atoms. The van der Waals surface area contributed by atoms with Gasteiger partial charge in [-0.05, 0) is 50.1 Å². The molecule has 1 aliphatic carbocycles. The minimum atomic E-state index is -0.505. The maximum absolute atomic E-state index is 14.2. The standard InChI is InChI=1S/C30H25N5O4/c1-3-39-29(37)23-18(2)31-27-25(24(23)19-10-6-4-7-11-19)28-33-32-26(20-14-16-22(36)17-15-20)35(28)30(38)34(27)21-12-8-5-9-13-21/h4-14,16-17,20,36H,3,15H2,1-2H3. The van der Waals surface area contributed by atoms with Gasteiger partial charge in [-0.15, -0.1) is 10.2 Å². The monoisotopic (exact) mass is 519 g/mol. The van der Waals surface area contributed by atoms with Gasteiger partial charge in [0.1, 0.15) is 11.6 Å². The lowest BCUT2D eigenvalue weighted by molar-refractivity contribution is 0.0526. The summed E-state index contributed by atoms with van der Waals surface area (Å²) in [6.07, 6.45) is 5.53. The highest BCUT2D eigenvalue weighted by Crippen LogP contribution is 2.36. The van der Waals surface area contributed by atoms with Crippen LogP contribution in [-0.4, -0.2) is 41.8 Å². The van der Waals surface area contributed by atoms with Gasteiger partial charge < -0.3 is 9.84 Å². The molecular weight excluding hydrogens is 494 g/mol. The van der Waals surface area contributed by atoms with Gasteiger partial charge in [0.25, 0.3) is 0 Å². The summed E-state index contributed by atoms with van der Waals surface area (Å²) in [5, 5.41) is 19.3. The number of fused-ring (bicyclic) bond motifs is 3. The van der Waals surface area contributed by atoms with Gasteiger partial charge in [-0.2, -0.15) is 0 Å². The maximum Gasteiger partial charge on any atom is 0.341 e. The molecule has 0 saturated carbocycles. The molecule has 194 valence electrons. The SMILES string of the molecule is CCOC(=O)c1c(C)nc2c(c1-c1ccccc1)c1nnc(C3C=CC(O)=CC3)n1c(=O)n2-c1ccccc1. The molecule has 0 bridgehead atoms. The molecular formula is C30H25N5O4. The molecule has 9 nitrogen and oxygen atoms in total. The van der Waals surface area contributed by atoms with Gasteiger partial charge in [0.15, 0.2) is 11.3 Å². The van der Waals surface area contributed by atoms with E-state index >= 15 is 0 Å². The number of carbonyl (C=O) groups is 1. The van der Waals surface area contributed by atoms with Crippen molar-refractivity contribution in [1.29, 1.82) is 0 Å². The molecule has 0 amide bonds. The second-order valence-corrected chi connectivity index (χ2v) is 9.23. The van der Waals surface area contributed by atoms with Gasteiger partial charge in [0.2, 0.25) is 0 Å². The van der Waals surface area contributed by atoms with Crippen LogP contribution in [0.5, 0.6) is 0 Å². The number of aliphatic hydroxyl groups is 1. The first-order valence-electron chi connectivity index (χ1n) is 12.7. The molecule has 1 N–H and O–H groups in total. The van der Waals surface area contributed by atoms with Crippen molar-refractivity contribution in [2.45, 2.75) is 26.2 Å². The van der Waals surface area contributed by atoms with E-state index in [1.165, 1.54) is 8.97 Å². The van der Waals surface area contributed by atoms with Gasteiger partial charge in [-0.3, -0.25) is 0 Å². The number of carbonyl (C=O) groups excluding carboxylic acids is 1. The Bertz CT molecular complexity index is 1850. The third kappa shape index (κ3) is 3.99. The summed E-state index contributed by atoms with van der Waals surface area (Å²) in [6.45, 7) is 3.69. The number of allylic oxidation sites excluding steroid dienone is 3. The summed E-state index contributed by atoms with van der Waals surface area (Å²) in [7, 11) is 0. The molecule has 39 heavy (non-hydrogen) atoms. The molecule has 9 heteroatoms. The number of esters is 1. The van der Waals surface area contributed by atoms with E-state index < -0.39 is 5.97 Å².